The second-order valence-corrected chi connectivity index (χ2v) is 7.03. The first-order valence-electron chi connectivity index (χ1n) is 6.10. The Bertz CT molecular complexity index is 484. The van der Waals surface area contributed by atoms with Gasteiger partial charge < -0.3 is 5.73 Å². The van der Waals surface area contributed by atoms with Crippen LogP contribution in [0.4, 0.5) is 5.69 Å². The topological polar surface area (TPSA) is 63.4 Å². The molecule has 1 aromatic rings. The fraction of sp³-hybridized carbons (Fsp3) is 0.538. The summed E-state index contributed by atoms with van der Waals surface area (Å²) in [5.41, 5.74) is 6.95. The van der Waals surface area contributed by atoms with Gasteiger partial charge in [-0.1, -0.05) is 32.0 Å². The molecule has 0 radical (unpaired) electrons. The van der Waals surface area contributed by atoms with E-state index in [0.29, 0.717) is 23.7 Å². The molecular formula is C13H22N2O2S. The molecule has 0 saturated carbocycles. The van der Waals surface area contributed by atoms with Gasteiger partial charge in [0.05, 0.1) is 5.75 Å². The molecule has 102 valence electrons. The minimum atomic E-state index is -3.28. The van der Waals surface area contributed by atoms with Crippen LogP contribution in [0.3, 0.4) is 0 Å². The second kappa shape index (κ2) is 6.20. The number of nitrogen functional groups attached to an aromatic ring is 1. The Labute approximate surface area is 110 Å². The average Bonchev–Trinajstić information content (AvgIpc) is 2.28. The van der Waals surface area contributed by atoms with Crippen molar-refractivity contribution in [2.75, 3.05) is 19.3 Å². The number of anilines is 1. The van der Waals surface area contributed by atoms with Gasteiger partial charge in [0.1, 0.15) is 0 Å². The molecular weight excluding hydrogens is 248 g/mol. The number of hydrogen-bond donors (Lipinski definition) is 1. The van der Waals surface area contributed by atoms with Gasteiger partial charge in [0.2, 0.25) is 10.0 Å². The van der Waals surface area contributed by atoms with Crippen molar-refractivity contribution in [1.29, 1.82) is 0 Å². The van der Waals surface area contributed by atoms with E-state index in [-0.39, 0.29) is 5.75 Å². The van der Waals surface area contributed by atoms with Crippen molar-refractivity contribution in [2.45, 2.75) is 26.0 Å². The largest absolute Gasteiger partial charge is 0.398 e. The molecule has 5 heteroatoms. The van der Waals surface area contributed by atoms with Crippen LogP contribution in [0.2, 0.25) is 0 Å². The second-order valence-electron chi connectivity index (χ2n) is 4.96. The molecule has 4 nitrogen and oxygen atoms in total. The summed E-state index contributed by atoms with van der Waals surface area (Å²) in [6.45, 7) is 4.71. The highest BCUT2D eigenvalue weighted by molar-refractivity contribution is 7.88. The third-order valence-corrected chi connectivity index (χ3v) is 4.70. The summed E-state index contributed by atoms with van der Waals surface area (Å²) in [6.07, 6.45) is 0.861. The number of para-hydroxylation sites is 1. The minimum Gasteiger partial charge on any atom is -0.398 e. The Morgan fingerprint density at radius 1 is 1.28 bits per heavy atom. The summed E-state index contributed by atoms with van der Waals surface area (Å²) in [4.78, 5) is 0. The van der Waals surface area contributed by atoms with E-state index >= 15 is 0 Å². The number of rotatable bonds is 6. The van der Waals surface area contributed by atoms with Gasteiger partial charge in [-0.15, -0.1) is 0 Å². The number of nitrogens with zero attached hydrogens (tertiary/aromatic N) is 1. The normalized spacial score (nSPS) is 12.3. The first-order valence-corrected chi connectivity index (χ1v) is 7.71. The van der Waals surface area contributed by atoms with Crippen LogP contribution in [0.25, 0.3) is 0 Å². The maximum atomic E-state index is 12.1. The van der Waals surface area contributed by atoms with Crippen LogP contribution in [-0.2, 0) is 15.8 Å². The summed E-state index contributed by atoms with van der Waals surface area (Å²) >= 11 is 0. The Kier molecular flexibility index (Phi) is 5.16. The lowest BCUT2D eigenvalue weighted by molar-refractivity contribution is 0.427. The fourth-order valence-electron chi connectivity index (χ4n) is 1.55. The van der Waals surface area contributed by atoms with E-state index in [1.54, 1.807) is 31.3 Å². The average molecular weight is 270 g/mol. The smallest absolute Gasteiger partial charge is 0.218 e. The zero-order valence-electron chi connectivity index (χ0n) is 11.3. The van der Waals surface area contributed by atoms with Gasteiger partial charge in [-0.2, -0.15) is 0 Å². The van der Waals surface area contributed by atoms with Crippen LogP contribution >= 0.6 is 0 Å². The summed E-state index contributed by atoms with van der Waals surface area (Å²) < 4.78 is 25.7. The van der Waals surface area contributed by atoms with E-state index < -0.39 is 10.0 Å². The van der Waals surface area contributed by atoms with Gasteiger partial charge >= 0.3 is 0 Å². The minimum absolute atomic E-state index is 0.0335. The standard InChI is InChI=1S/C13H22N2O2S/c1-11(2)8-9-15(3)18(16,17)10-12-6-4-5-7-13(12)14/h4-7,11H,8-10,14H2,1-3H3. The fourth-order valence-corrected chi connectivity index (χ4v) is 2.81. The van der Waals surface area contributed by atoms with Crippen molar-refractivity contribution in [1.82, 2.24) is 4.31 Å². The quantitative estimate of drug-likeness (QED) is 0.805. The SMILES string of the molecule is CC(C)CCN(C)S(=O)(=O)Cc1ccccc1N. The predicted octanol–water partition coefficient (Wildman–Crippen LogP) is 2.08. The predicted molar refractivity (Wildman–Crippen MR) is 75.6 cm³/mol. The lowest BCUT2D eigenvalue weighted by Gasteiger charge is -2.18. The highest BCUT2D eigenvalue weighted by Crippen LogP contribution is 2.16. The molecule has 0 amide bonds. The molecule has 1 rings (SSSR count). The molecule has 0 bridgehead atoms. The zero-order valence-corrected chi connectivity index (χ0v) is 12.1. The zero-order chi connectivity index (χ0) is 13.8. The summed E-state index contributed by atoms with van der Waals surface area (Å²) in [5.74, 6) is 0.457. The molecule has 0 spiro atoms. The van der Waals surface area contributed by atoms with Gasteiger partial charge in [0.25, 0.3) is 0 Å². The molecule has 0 unspecified atom stereocenters. The molecule has 2 N–H and O–H groups in total. The molecule has 0 heterocycles. The third-order valence-electron chi connectivity index (χ3n) is 2.89. The van der Waals surface area contributed by atoms with Gasteiger partial charge in [-0.25, -0.2) is 12.7 Å². The van der Waals surface area contributed by atoms with Crippen molar-refractivity contribution in [3.05, 3.63) is 29.8 Å². The molecule has 0 aliphatic heterocycles. The third kappa shape index (κ3) is 4.31. The highest BCUT2D eigenvalue weighted by atomic mass is 32.2. The van der Waals surface area contributed by atoms with E-state index in [9.17, 15) is 8.42 Å². The number of hydrogen-bond acceptors (Lipinski definition) is 3. The molecule has 0 fully saturated rings. The lowest BCUT2D eigenvalue weighted by Crippen LogP contribution is -2.30. The van der Waals surface area contributed by atoms with Crippen molar-refractivity contribution in [2.24, 2.45) is 5.92 Å². The Hall–Kier alpha value is -1.07. The van der Waals surface area contributed by atoms with Gasteiger partial charge in [-0.05, 0) is 24.0 Å². The Balaban J connectivity index is 2.73. The Morgan fingerprint density at radius 3 is 2.44 bits per heavy atom. The molecule has 0 atom stereocenters. The van der Waals surface area contributed by atoms with Gasteiger partial charge in [0.15, 0.2) is 0 Å². The molecule has 0 saturated heterocycles. The number of benzene rings is 1. The van der Waals surface area contributed by atoms with E-state index in [0.717, 1.165) is 6.42 Å². The van der Waals surface area contributed by atoms with Gasteiger partial charge in [0, 0.05) is 19.3 Å². The van der Waals surface area contributed by atoms with Crippen LogP contribution in [0.1, 0.15) is 25.8 Å². The Morgan fingerprint density at radius 2 is 1.89 bits per heavy atom. The van der Waals surface area contributed by atoms with Crippen molar-refractivity contribution in [3.8, 4) is 0 Å². The maximum absolute atomic E-state index is 12.1. The molecule has 18 heavy (non-hydrogen) atoms. The van der Waals surface area contributed by atoms with Crippen molar-refractivity contribution in [3.63, 3.8) is 0 Å². The summed E-state index contributed by atoms with van der Waals surface area (Å²) in [5, 5.41) is 0. The van der Waals surface area contributed by atoms with Crippen molar-refractivity contribution >= 4 is 15.7 Å². The highest BCUT2D eigenvalue weighted by Gasteiger charge is 2.19. The summed E-state index contributed by atoms with van der Waals surface area (Å²) in [7, 11) is -1.66. The van der Waals surface area contributed by atoms with E-state index in [1.165, 1.54) is 4.31 Å². The van der Waals surface area contributed by atoms with E-state index in [2.05, 4.69) is 13.8 Å². The summed E-state index contributed by atoms with van der Waals surface area (Å²) in [6, 6.07) is 7.07. The molecule has 0 aromatic heterocycles. The van der Waals surface area contributed by atoms with E-state index in [1.807, 2.05) is 0 Å². The van der Waals surface area contributed by atoms with E-state index in [4.69, 9.17) is 5.73 Å². The number of nitrogens with two attached hydrogens (primary N) is 1. The molecule has 0 aliphatic carbocycles. The van der Waals surface area contributed by atoms with Gasteiger partial charge in [-0.3, -0.25) is 0 Å². The lowest BCUT2D eigenvalue weighted by atomic mass is 10.1. The number of sulfonamides is 1. The van der Waals surface area contributed by atoms with Crippen LogP contribution in [0.5, 0.6) is 0 Å². The van der Waals surface area contributed by atoms with Crippen molar-refractivity contribution < 1.29 is 8.42 Å². The first-order chi connectivity index (χ1) is 8.33. The maximum Gasteiger partial charge on any atom is 0.218 e. The first kappa shape index (κ1) is 15.0. The van der Waals surface area contributed by atoms with Crippen LogP contribution < -0.4 is 5.73 Å². The van der Waals surface area contributed by atoms with Crippen LogP contribution in [0.15, 0.2) is 24.3 Å². The molecule has 1 aromatic carbocycles. The van der Waals surface area contributed by atoms with Crippen LogP contribution in [-0.4, -0.2) is 26.3 Å². The monoisotopic (exact) mass is 270 g/mol. The van der Waals surface area contributed by atoms with Crippen LogP contribution in [0, 0.1) is 5.92 Å². The molecule has 0 aliphatic rings.